The molecular formula is C15H12ClF4N. The van der Waals surface area contributed by atoms with E-state index < -0.39 is 17.6 Å². The van der Waals surface area contributed by atoms with Gasteiger partial charge in [-0.05, 0) is 29.3 Å². The van der Waals surface area contributed by atoms with Crippen LogP contribution in [-0.2, 0) is 19.3 Å². The highest BCUT2D eigenvalue weighted by Crippen LogP contribution is 2.32. The van der Waals surface area contributed by atoms with Gasteiger partial charge in [-0.25, -0.2) is 4.39 Å². The van der Waals surface area contributed by atoms with Crippen LogP contribution in [0, 0.1) is 5.82 Å². The van der Waals surface area contributed by atoms with E-state index in [0.717, 1.165) is 17.7 Å². The molecule has 0 fully saturated rings. The summed E-state index contributed by atoms with van der Waals surface area (Å²) < 4.78 is 51.5. The largest absolute Gasteiger partial charge is 0.416 e. The topological polar surface area (TPSA) is 12.0 Å². The van der Waals surface area contributed by atoms with E-state index in [1.54, 1.807) is 24.3 Å². The van der Waals surface area contributed by atoms with Gasteiger partial charge in [0.1, 0.15) is 5.82 Å². The van der Waals surface area contributed by atoms with Crippen molar-refractivity contribution >= 4 is 11.6 Å². The lowest BCUT2D eigenvalue weighted by Gasteiger charge is -2.14. The molecule has 0 aliphatic heterocycles. The second-order valence-corrected chi connectivity index (χ2v) is 4.90. The highest BCUT2D eigenvalue weighted by Gasteiger charge is 2.33. The van der Waals surface area contributed by atoms with Crippen LogP contribution in [-0.4, -0.2) is 0 Å². The number of alkyl halides is 3. The van der Waals surface area contributed by atoms with Crippen LogP contribution in [0.25, 0.3) is 0 Å². The molecule has 6 heteroatoms. The predicted octanol–water partition coefficient (Wildman–Crippen LogP) is 4.79. The van der Waals surface area contributed by atoms with Crippen LogP contribution in [0.15, 0.2) is 42.5 Å². The van der Waals surface area contributed by atoms with Crippen molar-refractivity contribution in [2.24, 2.45) is 0 Å². The monoisotopic (exact) mass is 317 g/mol. The average molecular weight is 318 g/mol. The van der Waals surface area contributed by atoms with Gasteiger partial charge in [-0.1, -0.05) is 35.9 Å². The average Bonchev–Trinajstić information content (AvgIpc) is 2.41. The Hall–Kier alpha value is -1.59. The Balaban J connectivity index is 2.09. The van der Waals surface area contributed by atoms with E-state index in [2.05, 4.69) is 5.32 Å². The van der Waals surface area contributed by atoms with Crippen molar-refractivity contribution in [1.29, 1.82) is 0 Å². The maximum absolute atomic E-state index is 13.0. The van der Waals surface area contributed by atoms with Gasteiger partial charge in [0, 0.05) is 18.1 Å². The number of rotatable bonds is 4. The molecule has 0 saturated carbocycles. The fourth-order valence-corrected chi connectivity index (χ4v) is 2.14. The lowest BCUT2D eigenvalue weighted by atomic mass is 10.1. The second kappa shape index (κ2) is 6.45. The second-order valence-electron chi connectivity index (χ2n) is 4.49. The van der Waals surface area contributed by atoms with Crippen LogP contribution in [0.3, 0.4) is 0 Å². The van der Waals surface area contributed by atoms with Crippen molar-refractivity contribution in [3.63, 3.8) is 0 Å². The molecule has 2 rings (SSSR count). The molecule has 0 aliphatic carbocycles. The molecule has 0 heterocycles. The molecule has 0 radical (unpaired) electrons. The summed E-state index contributed by atoms with van der Waals surface area (Å²) in [5.74, 6) is -0.905. The first-order valence-corrected chi connectivity index (χ1v) is 6.55. The van der Waals surface area contributed by atoms with E-state index >= 15 is 0 Å². The number of benzene rings is 2. The number of hydrogen-bond acceptors (Lipinski definition) is 1. The maximum atomic E-state index is 13.0. The third-order valence-corrected chi connectivity index (χ3v) is 3.33. The molecule has 2 aromatic carbocycles. The molecular weight excluding hydrogens is 306 g/mol. The third-order valence-electron chi connectivity index (χ3n) is 2.97. The fraction of sp³-hybridized carbons (Fsp3) is 0.200. The minimum Gasteiger partial charge on any atom is -0.309 e. The summed E-state index contributed by atoms with van der Waals surface area (Å²) in [6.07, 6.45) is -4.58. The summed E-state index contributed by atoms with van der Waals surface area (Å²) >= 11 is 5.96. The minimum atomic E-state index is -4.58. The van der Waals surface area contributed by atoms with Crippen LogP contribution in [0.5, 0.6) is 0 Å². The molecule has 0 bridgehead atoms. The molecule has 2 aromatic rings. The first kappa shape index (κ1) is 15.8. The molecule has 0 atom stereocenters. The first-order valence-electron chi connectivity index (χ1n) is 6.17. The minimum absolute atomic E-state index is 0.00375. The van der Waals surface area contributed by atoms with Gasteiger partial charge in [0.15, 0.2) is 0 Å². The normalized spacial score (nSPS) is 11.7. The van der Waals surface area contributed by atoms with Gasteiger partial charge >= 0.3 is 6.18 Å². The number of nitrogens with one attached hydrogen (secondary N) is 1. The molecule has 0 aromatic heterocycles. The summed E-state index contributed by atoms with van der Waals surface area (Å²) in [5.41, 5.74) is -0.181. The highest BCUT2D eigenvalue weighted by atomic mass is 35.5. The van der Waals surface area contributed by atoms with E-state index in [9.17, 15) is 17.6 Å². The maximum Gasteiger partial charge on any atom is 0.416 e. The van der Waals surface area contributed by atoms with Crippen molar-refractivity contribution in [2.75, 3.05) is 0 Å². The molecule has 0 amide bonds. The highest BCUT2D eigenvalue weighted by molar-refractivity contribution is 6.31. The van der Waals surface area contributed by atoms with Gasteiger partial charge in [0.05, 0.1) is 5.56 Å². The SMILES string of the molecule is Fc1ccc(CNCc2ccccc2Cl)c(C(F)(F)F)c1. The third kappa shape index (κ3) is 4.19. The summed E-state index contributed by atoms with van der Waals surface area (Å²) in [7, 11) is 0. The number of halogens is 5. The van der Waals surface area contributed by atoms with Crippen molar-refractivity contribution in [1.82, 2.24) is 5.32 Å². The summed E-state index contributed by atoms with van der Waals surface area (Å²) in [4.78, 5) is 0. The van der Waals surface area contributed by atoms with E-state index in [1.807, 2.05) is 0 Å². The Morgan fingerprint density at radius 2 is 1.62 bits per heavy atom. The van der Waals surface area contributed by atoms with Gasteiger partial charge in [-0.3, -0.25) is 0 Å². The van der Waals surface area contributed by atoms with Crippen LogP contribution in [0.1, 0.15) is 16.7 Å². The molecule has 0 spiro atoms. The summed E-state index contributed by atoms with van der Waals surface area (Å²) in [6, 6.07) is 9.71. The molecule has 1 nitrogen and oxygen atoms in total. The van der Waals surface area contributed by atoms with Crippen molar-refractivity contribution in [3.05, 3.63) is 70.0 Å². The van der Waals surface area contributed by atoms with Crippen LogP contribution < -0.4 is 5.32 Å². The van der Waals surface area contributed by atoms with Gasteiger partial charge in [0.2, 0.25) is 0 Å². The molecule has 0 saturated heterocycles. The summed E-state index contributed by atoms with van der Waals surface area (Å²) in [5, 5.41) is 3.43. The van der Waals surface area contributed by atoms with Crippen molar-refractivity contribution in [2.45, 2.75) is 19.3 Å². The van der Waals surface area contributed by atoms with Gasteiger partial charge in [0.25, 0.3) is 0 Å². The van der Waals surface area contributed by atoms with Crippen molar-refractivity contribution < 1.29 is 17.6 Å². The fourth-order valence-electron chi connectivity index (χ4n) is 1.94. The first-order chi connectivity index (χ1) is 9.88. The van der Waals surface area contributed by atoms with Crippen molar-refractivity contribution in [3.8, 4) is 0 Å². The Labute approximate surface area is 124 Å². The zero-order valence-electron chi connectivity index (χ0n) is 10.8. The lowest BCUT2D eigenvalue weighted by Crippen LogP contribution is -2.17. The molecule has 1 N–H and O–H groups in total. The molecule has 112 valence electrons. The Morgan fingerprint density at radius 1 is 0.952 bits per heavy atom. The lowest BCUT2D eigenvalue weighted by molar-refractivity contribution is -0.138. The van der Waals surface area contributed by atoms with E-state index in [-0.39, 0.29) is 12.1 Å². The molecule has 21 heavy (non-hydrogen) atoms. The van der Waals surface area contributed by atoms with Gasteiger partial charge in [-0.2, -0.15) is 13.2 Å². The van der Waals surface area contributed by atoms with Crippen LogP contribution >= 0.6 is 11.6 Å². The zero-order valence-corrected chi connectivity index (χ0v) is 11.6. The van der Waals surface area contributed by atoms with Crippen LogP contribution in [0.4, 0.5) is 17.6 Å². The van der Waals surface area contributed by atoms with Crippen LogP contribution in [0.2, 0.25) is 5.02 Å². The van der Waals surface area contributed by atoms with E-state index in [4.69, 9.17) is 11.6 Å². The number of hydrogen-bond donors (Lipinski definition) is 1. The Kier molecular flexibility index (Phi) is 4.85. The van der Waals surface area contributed by atoms with Gasteiger partial charge in [-0.15, -0.1) is 0 Å². The van der Waals surface area contributed by atoms with E-state index in [0.29, 0.717) is 17.6 Å². The zero-order chi connectivity index (χ0) is 15.5. The standard InChI is InChI=1S/C15H12ClF4N/c16-14-4-2-1-3-11(14)9-21-8-10-5-6-12(17)7-13(10)15(18,19)20/h1-7,21H,8-9H2. The predicted molar refractivity (Wildman–Crippen MR) is 73.4 cm³/mol. The molecule has 0 unspecified atom stereocenters. The van der Waals surface area contributed by atoms with Gasteiger partial charge < -0.3 is 5.32 Å². The van der Waals surface area contributed by atoms with E-state index in [1.165, 1.54) is 0 Å². The Morgan fingerprint density at radius 3 is 2.29 bits per heavy atom. The Bertz CT molecular complexity index is 625. The quantitative estimate of drug-likeness (QED) is 0.800. The smallest absolute Gasteiger partial charge is 0.309 e. The summed E-state index contributed by atoms with van der Waals surface area (Å²) in [6.45, 7) is 0.300. The molecule has 0 aliphatic rings.